The van der Waals surface area contributed by atoms with E-state index in [9.17, 15) is 0 Å². The maximum Gasteiger partial charge on any atom is 0.147 e. The predicted octanol–water partition coefficient (Wildman–Crippen LogP) is 0.177. The third-order valence-electron chi connectivity index (χ3n) is 5.66. The van der Waals surface area contributed by atoms with E-state index in [0.717, 1.165) is 18.7 Å². The van der Waals surface area contributed by atoms with E-state index in [2.05, 4.69) is 68.3 Å². The number of para-hydroxylation sites is 2. The molecule has 25 heavy (non-hydrogen) atoms. The Labute approximate surface area is 167 Å². The smallest absolute Gasteiger partial charge is 0.147 e. The molecule has 2 unspecified atom stereocenters. The Morgan fingerprint density at radius 2 is 1.88 bits per heavy atom. The predicted molar refractivity (Wildman–Crippen MR) is 99.1 cm³/mol. The standard InChI is InChI=1S/C21H24N2O.HI/c1-14-8-5-6-10-18(14)23-13-12-16-15(2)22(3)21-17(20(16)23)9-7-11-19(21)24-4;/h5-11,15H,12-13H2,1-4H3;1H. The Kier molecular flexibility index (Phi) is 5.11. The van der Waals surface area contributed by atoms with Crippen molar-refractivity contribution in [1.82, 2.24) is 0 Å². The van der Waals surface area contributed by atoms with Crippen LogP contribution in [0.2, 0.25) is 0 Å². The second kappa shape index (κ2) is 7.00. The maximum absolute atomic E-state index is 5.67. The zero-order valence-corrected chi connectivity index (χ0v) is 17.4. The number of aryl methyl sites for hydroxylation is 1. The van der Waals surface area contributed by atoms with E-state index in [1.165, 1.54) is 33.1 Å². The van der Waals surface area contributed by atoms with Gasteiger partial charge < -0.3 is 33.6 Å². The number of ether oxygens (including phenoxy) is 1. The molecule has 132 valence electrons. The van der Waals surface area contributed by atoms with Crippen molar-refractivity contribution in [1.29, 1.82) is 0 Å². The molecule has 4 heteroatoms. The number of quaternary nitrogens is 1. The van der Waals surface area contributed by atoms with Gasteiger partial charge in [-0.1, -0.05) is 24.3 Å². The van der Waals surface area contributed by atoms with Gasteiger partial charge in [0.25, 0.3) is 0 Å². The van der Waals surface area contributed by atoms with Crippen molar-refractivity contribution in [3.63, 3.8) is 0 Å². The van der Waals surface area contributed by atoms with Gasteiger partial charge in [-0.3, -0.25) is 4.90 Å². The normalized spacial score (nSPS) is 21.5. The number of hydrogen-bond donors (Lipinski definition) is 1. The molecular weight excluding hydrogens is 423 g/mol. The summed E-state index contributed by atoms with van der Waals surface area (Å²) in [5.74, 6) is 0.962. The first-order valence-corrected chi connectivity index (χ1v) is 8.69. The highest BCUT2D eigenvalue weighted by Crippen LogP contribution is 2.43. The first-order chi connectivity index (χ1) is 11.6. The Hall–Kier alpha value is -1.53. The highest BCUT2D eigenvalue weighted by Gasteiger charge is 2.41. The third kappa shape index (κ3) is 2.75. The summed E-state index contributed by atoms with van der Waals surface area (Å²) < 4.78 is 5.67. The zero-order valence-electron chi connectivity index (χ0n) is 15.3. The van der Waals surface area contributed by atoms with Gasteiger partial charge >= 0.3 is 0 Å². The first kappa shape index (κ1) is 18.3. The largest absolute Gasteiger partial charge is 1.00 e. The average Bonchev–Trinajstić information content (AvgIpc) is 3.04. The van der Waals surface area contributed by atoms with E-state index >= 15 is 0 Å². The highest BCUT2D eigenvalue weighted by atomic mass is 127. The van der Waals surface area contributed by atoms with Crippen LogP contribution in [0.3, 0.4) is 0 Å². The molecule has 4 rings (SSSR count). The molecule has 0 fully saturated rings. The number of methoxy groups -OCH3 is 1. The Morgan fingerprint density at radius 3 is 2.60 bits per heavy atom. The molecule has 0 saturated carbocycles. The number of fused-ring (bicyclic) bond motifs is 2. The molecule has 2 aromatic carbocycles. The minimum absolute atomic E-state index is 0. The number of nitrogens with one attached hydrogen (secondary N) is 1. The molecule has 0 amide bonds. The lowest BCUT2D eigenvalue weighted by Crippen LogP contribution is -3.03. The lowest BCUT2D eigenvalue weighted by Gasteiger charge is -2.35. The van der Waals surface area contributed by atoms with Gasteiger partial charge in [0.1, 0.15) is 17.1 Å². The highest BCUT2D eigenvalue weighted by molar-refractivity contribution is 5.84. The van der Waals surface area contributed by atoms with E-state index < -0.39 is 0 Å². The van der Waals surface area contributed by atoms with E-state index in [1.54, 1.807) is 12.7 Å². The van der Waals surface area contributed by atoms with Crippen molar-refractivity contribution in [3.05, 3.63) is 59.2 Å². The Bertz CT molecular complexity index is 830. The van der Waals surface area contributed by atoms with Crippen LogP contribution in [0.4, 0.5) is 11.4 Å². The molecule has 0 aliphatic carbocycles. The number of benzene rings is 2. The van der Waals surface area contributed by atoms with Crippen molar-refractivity contribution in [2.75, 3.05) is 25.6 Å². The zero-order chi connectivity index (χ0) is 16.8. The molecule has 2 heterocycles. The van der Waals surface area contributed by atoms with Gasteiger partial charge in [-0.25, -0.2) is 0 Å². The second-order valence-electron chi connectivity index (χ2n) is 6.84. The minimum atomic E-state index is 0. The van der Waals surface area contributed by atoms with Crippen LogP contribution >= 0.6 is 0 Å². The second-order valence-corrected chi connectivity index (χ2v) is 6.84. The minimum Gasteiger partial charge on any atom is -1.00 e. The van der Waals surface area contributed by atoms with E-state index in [1.807, 2.05) is 0 Å². The summed E-state index contributed by atoms with van der Waals surface area (Å²) in [4.78, 5) is 3.87. The van der Waals surface area contributed by atoms with Gasteiger partial charge in [-0.2, -0.15) is 0 Å². The summed E-state index contributed by atoms with van der Waals surface area (Å²) in [6.45, 7) is 5.65. The van der Waals surface area contributed by atoms with E-state index in [-0.39, 0.29) is 24.0 Å². The topological polar surface area (TPSA) is 16.9 Å². The third-order valence-corrected chi connectivity index (χ3v) is 5.66. The first-order valence-electron chi connectivity index (χ1n) is 8.69. The summed E-state index contributed by atoms with van der Waals surface area (Å²) in [7, 11) is 3.94. The molecule has 0 radical (unpaired) electrons. The fourth-order valence-electron chi connectivity index (χ4n) is 4.32. The van der Waals surface area contributed by atoms with Gasteiger partial charge in [0, 0.05) is 24.6 Å². The van der Waals surface area contributed by atoms with Crippen LogP contribution in [0.1, 0.15) is 24.5 Å². The summed E-state index contributed by atoms with van der Waals surface area (Å²) >= 11 is 0. The number of nitrogens with zero attached hydrogens (tertiary/aromatic N) is 1. The van der Waals surface area contributed by atoms with Crippen LogP contribution in [-0.2, 0) is 0 Å². The van der Waals surface area contributed by atoms with Crippen molar-refractivity contribution >= 4 is 17.1 Å². The van der Waals surface area contributed by atoms with Gasteiger partial charge in [0.15, 0.2) is 0 Å². The molecule has 0 aromatic heterocycles. The number of anilines is 1. The molecule has 3 nitrogen and oxygen atoms in total. The van der Waals surface area contributed by atoms with Gasteiger partial charge in [0.2, 0.25) is 0 Å². The summed E-state index contributed by atoms with van der Waals surface area (Å²) in [5, 5.41) is 0. The molecule has 0 bridgehead atoms. The molecule has 2 aliphatic heterocycles. The van der Waals surface area contributed by atoms with Crippen molar-refractivity contribution < 1.29 is 33.6 Å². The summed E-state index contributed by atoms with van der Waals surface area (Å²) in [5.41, 5.74) is 8.32. The molecular formula is C21H25IN2O. The fraction of sp³-hybridized carbons (Fsp3) is 0.333. The van der Waals surface area contributed by atoms with E-state index in [4.69, 9.17) is 4.74 Å². The Morgan fingerprint density at radius 1 is 1.12 bits per heavy atom. The maximum atomic E-state index is 5.67. The summed E-state index contributed by atoms with van der Waals surface area (Å²) in [6.07, 6.45) is 1.15. The Balaban J connectivity index is 0.00000182. The monoisotopic (exact) mass is 448 g/mol. The fourth-order valence-corrected chi connectivity index (χ4v) is 4.32. The van der Waals surface area contributed by atoms with Crippen molar-refractivity contribution in [2.45, 2.75) is 26.3 Å². The van der Waals surface area contributed by atoms with Crippen molar-refractivity contribution in [2.24, 2.45) is 0 Å². The van der Waals surface area contributed by atoms with Crippen LogP contribution in [0.25, 0.3) is 5.70 Å². The van der Waals surface area contributed by atoms with Crippen LogP contribution < -0.4 is 38.5 Å². The molecule has 2 aliphatic rings. The lowest BCUT2D eigenvalue weighted by molar-refractivity contribution is -0.746. The lowest BCUT2D eigenvalue weighted by atomic mass is 9.93. The summed E-state index contributed by atoms with van der Waals surface area (Å²) in [6, 6.07) is 15.6. The number of halogens is 1. The number of rotatable bonds is 2. The number of likely N-dealkylation sites (N-methyl/N-ethyl adjacent to an activating group) is 1. The van der Waals surface area contributed by atoms with Crippen LogP contribution in [0.15, 0.2) is 48.0 Å². The van der Waals surface area contributed by atoms with Crippen LogP contribution in [0, 0.1) is 6.92 Å². The average molecular weight is 448 g/mol. The molecule has 1 N–H and O–H groups in total. The van der Waals surface area contributed by atoms with Gasteiger partial charge in [-0.15, -0.1) is 0 Å². The van der Waals surface area contributed by atoms with Gasteiger partial charge in [0.05, 0.1) is 30.9 Å². The van der Waals surface area contributed by atoms with Crippen LogP contribution in [0.5, 0.6) is 5.75 Å². The van der Waals surface area contributed by atoms with Crippen LogP contribution in [-0.4, -0.2) is 26.7 Å². The number of hydrogen-bond acceptors (Lipinski definition) is 2. The SMILES string of the molecule is COc1cccc2c1N(C)C(C)C1=C2[NH+](c2ccccc2C)CC1.[I-]. The molecule has 0 saturated heterocycles. The molecule has 2 atom stereocenters. The molecule has 2 aromatic rings. The van der Waals surface area contributed by atoms with Gasteiger partial charge in [-0.05, 0) is 32.0 Å². The van der Waals surface area contributed by atoms with Crippen molar-refractivity contribution in [3.8, 4) is 5.75 Å². The molecule has 0 spiro atoms. The van der Waals surface area contributed by atoms with E-state index in [0.29, 0.717) is 6.04 Å². The quantitative estimate of drug-likeness (QED) is 0.661.